The van der Waals surface area contributed by atoms with Crippen LogP contribution in [0.25, 0.3) is 0 Å². The predicted octanol–water partition coefficient (Wildman–Crippen LogP) is 0.271. The van der Waals surface area contributed by atoms with Crippen molar-refractivity contribution < 1.29 is 19.4 Å². The number of hydrogen-bond acceptors (Lipinski definition) is 4. The summed E-state index contributed by atoms with van der Waals surface area (Å²) in [4.78, 5) is 10.4. The summed E-state index contributed by atoms with van der Waals surface area (Å²) < 4.78 is 9.94. The Morgan fingerprint density at radius 1 is 1.64 bits per heavy atom. The third-order valence-corrected chi connectivity index (χ3v) is 1.54. The summed E-state index contributed by atoms with van der Waals surface area (Å²) in [5.41, 5.74) is 0.633. The molecule has 0 aliphatic heterocycles. The third-order valence-electron chi connectivity index (χ3n) is 1.54. The second kappa shape index (κ2) is 5.36. The van der Waals surface area contributed by atoms with Crippen LogP contribution in [0.15, 0.2) is 6.07 Å². The van der Waals surface area contributed by atoms with Gasteiger partial charge in [-0.2, -0.15) is 5.10 Å². The van der Waals surface area contributed by atoms with E-state index in [4.69, 9.17) is 14.6 Å². The van der Waals surface area contributed by atoms with Gasteiger partial charge in [-0.3, -0.25) is 5.10 Å². The van der Waals surface area contributed by atoms with Crippen LogP contribution in [0.5, 0.6) is 0 Å². The molecule has 0 saturated heterocycles. The van der Waals surface area contributed by atoms with Crippen LogP contribution in [-0.4, -0.2) is 41.6 Å². The Hall–Kier alpha value is -1.40. The summed E-state index contributed by atoms with van der Waals surface area (Å²) in [6.45, 7) is 1.29. The van der Waals surface area contributed by atoms with Gasteiger partial charge in [-0.15, -0.1) is 0 Å². The minimum Gasteiger partial charge on any atom is -0.476 e. The second-order valence-corrected chi connectivity index (χ2v) is 2.63. The van der Waals surface area contributed by atoms with E-state index >= 15 is 0 Å². The fourth-order valence-corrected chi connectivity index (χ4v) is 0.869. The maximum absolute atomic E-state index is 10.4. The van der Waals surface area contributed by atoms with Crippen LogP contribution >= 0.6 is 0 Å². The zero-order chi connectivity index (χ0) is 10.4. The summed E-state index contributed by atoms with van der Waals surface area (Å²) in [6, 6.07) is 1.44. The zero-order valence-electron chi connectivity index (χ0n) is 7.82. The summed E-state index contributed by atoms with van der Waals surface area (Å²) in [7, 11) is 1.59. The van der Waals surface area contributed by atoms with E-state index in [1.165, 1.54) is 6.07 Å². The molecule has 6 nitrogen and oxygen atoms in total. The first kappa shape index (κ1) is 10.7. The number of carboxylic acid groups (broad SMARTS) is 1. The van der Waals surface area contributed by atoms with E-state index in [-0.39, 0.29) is 5.69 Å². The molecule has 1 aromatic heterocycles. The van der Waals surface area contributed by atoms with Crippen LogP contribution in [0.4, 0.5) is 0 Å². The van der Waals surface area contributed by atoms with Gasteiger partial charge in [0.1, 0.15) is 0 Å². The molecule has 14 heavy (non-hydrogen) atoms. The fourth-order valence-electron chi connectivity index (χ4n) is 0.869. The SMILES string of the molecule is COCCOCc1cc(C(=O)O)n[nH]1. The summed E-state index contributed by atoms with van der Waals surface area (Å²) in [5.74, 6) is -1.05. The van der Waals surface area contributed by atoms with E-state index in [2.05, 4.69) is 10.2 Å². The monoisotopic (exact) mass is 200 g/mol. The highest BCUT2D eigenvalue weighted by atomic mass is 16.5. The molecule has 1 heterocycles. The van der Waals surface area contributed by atoms with Crippen LogP contribution < -0.4 is 0 Å². The van der Waals surface area contributed by atoms with E-state index in [1.807, 2.05) is 0 Å². The average molecular weight is 200 g/mol. The second-order valence-electron chi connectivity index (χ2n) is 2.63. The number of rotatable bonds is 6. The normalized spacial score (nSPS) is 10.4. The largest absolute Gasteiger partial charge is 0.476 e. The Balaban J connectivity index is 2.33. The van der Waals surface area contributed by atoms with Crippen molar-refractivity contribution in [1.29, 1.82) is 0 Å². The third kappa shape index (κ3) is 3.15. The van der Waals surface area contributed by atoms with Crippen molar-refractivity contribution in [2.24, 2.45) is 0 Å². The zero-order valence-corrected chi connectivity index (χ0v) is 7.82. The van der Waals surface area contributed by atoms with E-state index in [1.54, 1.807) is 7.11 Å². The molecule has 0 aliphatic rings. The van der Waals surface area contributed by atoms with Gasteiger partial charge in [0.25, 0.3) is 0 Å². The molecule has 0 atom stereocenters. The Kier molecular flexibility index (Phi) is 4.09. The number of H-pyrrole nitrogens is 1. The van der Waals surface area contributed by atoms with Gasteiger partial charge in [0.2, 0.25) is 0 Å². The Labute approximate surface area is 80.8 Å². The first-order valence-electron chi connectivity index (χ1n) is 4.08. The lowest BCUT2D eigenvalue weighted by atomic mass is 10.4. The van der Waals surface area contributed by atoms with Gasteiger partial charge in [0, 0.05) is 7.11 Å². The molecule has 1 rings (SSSR count). The van der Waals surface area contributed by atoms with Crippen molar-refractivity contribution in [1.82, 2.24) is 10.2 Å². The van der Waals surface area contributed by atoms with E-state index < -0.39 is 5.97 Å². The molecular formula is C8H12N2O4. The molecule has 0 unspecified atom stereocenters. The standard InChI is InChI=1S/C8H12N2O4/c1-13-2-3-14-5-6-4-7(8(11)12)10-9-6/h4H,2-3,5H2,1H3,(H,9,10)(H,11,12). The van der Waals surface area contributed by atoms with Crippen molar-refractivity contribution in [3.63, 3.8) is 0 Å². The van der Waals surface area contributed by atoms with Crippen LogP contribution in [0.2, 0.25) is 0 Å². The number of hydrogen-bond donors (Lipinski definition) is 2. The quantitative estimate of drug-likeness (QED) is 0.644. The summed E-state index contributed by atoms with van der Waals surface area (Å²) >= 11 is 0. The van der Waals surface area contributed by atoms with Gasteiger partial charge in [0.05, 0.1) is 25.5 Å². The number of carboxylic acids is 1. The minimum atomic E-state index is -1.05. The number of aromatic amines is 1. The molecule has 0 radical (unpaired) electrons. The highest BCUT2D eigenvalue weighted by Gasteiger charge is 2.07. The lowest BCUT2D eigenvalue weighted by Gasteiger charge is -1.99. The lowest BCUT2D eigenvalue weighted by Crippen LogP contribution is -2.01. The Bertz CT molecular complexity index is 297. The van der Waals surface area contributed by atoms with Crippen molar-refractivity contribution in [3.05, 3.63) is 17.5 Å². The Morgan fingerprint density at radius 2 is 2.43 bits per heavy atom. The fraction of sp³-hybridized carbons (Fsp3) is 0.500. The molecule has 0 saturated carbocycles. The molecule has 1 aromatic rings. The highest BCUT2D eigenvalue weighted by Crippen LogP contribution is 2.00. The molecule has 78 valence electrons. The maximum Gasteiger partial charge on any atom is 0.356 e. The molecular weight excluding hydrogens is 188 g/mol. The molecule has 0 fully saturated rings. The number of aromatic nitrogens is 2. The van der Waals surface area contributed by atoms with Gasteiger partial charge < -0.3 is 14.6 Å². The van der Waals surface area contributed by atoms with Crippen LogP contribution in [0, 0.1) is 0 Å². The molecule has 0 aromatic carbocycles. The highest BCUT2D eigenvalue weighted by molar-refractivity contribution is 5.85. The minimum absolute atomic E-state index is 0.00431. The van der Waals surface area contributed by atoms with E-state index in [9.17, 15) is 4.79 Å². The maximum atomic E-state index is 10.4. The van der Waals surface area contributed by atoms with E-state index in [0.717, 1.165) is 0 Å². The number of nitrogens with zero attached hydrogens (tertiary/aromatic N) is 1. The summed E-state index contributed by atoms with van der Waals surface area (Å²) in [5, 5.41) is 14.7. The number of methoxy groups -OCH3 is 1. The lowest BCUT2D eigenvalue weighted by molar-refractivity contribution is 0.0602. The van der Waals surface area contributed by atoms with Crippen molar-refractivity contribution >= 4 is 5.97 Å². The van der Waals surface area contributed by atoms with Crippen molar-refractivity contribution in [2.45, 2.75) is 6.61 Å². The molecule has 0 bridgehead atoms. The molecule has 0 aliphatic carbocycles. The topological polar surface area (TPSA) is 84.4 Å². The van der Waals surface area contributed by atoms with Gasteiger partial charge >= 0.3 is 5.97 Å². The number of carbonyl (C=O) groups is 1. The number of aromatic carboxylic acids is 1. The van der Waals surface area contributed by atoms with Gasteiger partial charge in [-0.05, 0) is 6.07 Å². The van der Waals surface area contributed by atoms with E-state index in [0.29, 0.717) is 25.5 Å². The average Bonchev–Trinajstić information content (AvgIpc) is 2.61. The van der Waals surface area contributed by atoms with Crippen LogP contribution in [0.3, 0.4) is 0 Å². The van der Waals surface area contributed by atoms with Crippen molar-refractivity contribution in [2.75, 3.05) is 20.3 Å². The number of ether oxygens (including phenoxy) is 2. The molecule has 0 spiro atoms. The summed E-state index contributed by atoms with van der Waals surface area (Å²) in [6.07, 6.45) is 0. The Morgan fingerprint density at radius 3 is 3.00 bits per heavy atom. The first-order valence-corrected chi connectivity index (χ1v) is 4.08. The molecule has 6 heteroatoms. The smallest absolute Gasteiger partial charge is 0.356 e. The first-order chi connectivity index (χ1) is 6.74. The predicted molar refractivity (Wildman–Crippen MR) is 47.1 cm³/mol. The molecule has 2 N–H and O–H groups in total. The van der Waals surface area contributed by atoms with Gasteiger partial charge in [0.15, 0.2) is 5.69 Å². The number of nitrogens with one attached hydrogen (secondary N) is 1. The van der Waals surface area contributed by atoms with Crippen LogP contribution in [-0.2, 0) is 16.1 Å². The van der Waals surface area contributed by atoms with Crippen LogP contribution in [0.1, 0.15) is 16.2 Å². The van der Waals surface area contributed by atoms with Gasteiger partial charge in [-0.25, -0.2) is 4.79 Å². The van der Waals surface area contributed by atoms with Crippen molar-refractivity contribution in [3.8, 4) is 0 Å². The van der Waals surface area contributed by atoms with Gasteiger partial charge in [-0.1, -0.05) is 0 Å². The molecule has 0 amide bonds.